The number of carbonyl (C=O) groups excluding carboxylic acids is 2. The molecule has 1 aliphatic rings. The summed E-state index contributed by atoms with van der Waals surface area (Å²) < 4.78 is 29.5. The number of halogens is 2. The van der Waals surface area contributed by atoms with E-state index in [1.165, 1.54) is 17.0 Å². The maximum absolute atomic E-state index is 14.6. The number of rotatable bonds is 12. The number of carbonyl (C=O) groups is 2. The Bertz CT molecular complexity index is 1750. The summed E-state index contributed by atoms with van der Waals surface area (Å²) in [7, 11) is -4.21. The number of benzene rings is 4. The molecule has 240 valence electrons. The van der Waals surface area contributed by atoms with Crippen molar-refractivity contribution in [1.29, 1.82) is 0 Å². The van der Waals surface area contributed by atoms with Crippen LogP contribution >= 0.6 is 23.2 Å². The zero-order valence-electron chi connectivity index (χ0n) is 25.6. The van der Waals surface area contributed by atoms with Gasteiger partial charge in [0.05, 0.1) is 10.6 Å². The average molecular weight is 679 g/mol. The first kappa shape index (κ1) is 33.5. The van der Waals surface area contributed by atoms with Gasteiger partial charge in [0.2, 0.25) is 11.8 Å². The number of anilines is 1. The van der Waals surface area contributed by atoms with Crippen LogP contribution in [0, 0.1) is 6.92 Å². The van der Waals surface area contributed by atoms with Crippen molar-refractivity contribution < 1.29 is 18.0 Å². The zero-order valence-corrected chi connectivity index (χ0v) is 27.9. The van der Waals surface area contributed by atoms with E-state index in [4.69, 9.17) is 23.2 Å². The van der Waals surface area contributed by atoms with Crippen LogP contribution in [0.4, 0.5) is 5.69 Å². The summed E-state index contributed by atoms with van der Waals surface area (Å²) in [6.45, 7) is 1.24. The third-order valence-electron chi connectivity index (χ3n) is 8.36. The van der Waals surface area contributed by atoms with E-state index in [1.54, 1.807) is 67.6 Å². The average Bonchev–Trinajstić information content (AvgIpc) is 3.57. The molecule has 1 saturated carbocycles. The summed E-state index contributed by atoms with van der Waals surface area (Å²) in [6.07, 6.45) is 4.08. The topological polar surface area (TPSA) is 86.8 Å². The van der Waals surface area contributed by atoms with Crippen molar-refractivity contribution >= 4 is 50.7 Å². The van der Waals surface area contributed by atoms with Gasteiger partial charge in [-0.25, -0.2) is 8.42 Å². The van der Waals surface area contributed by atoms with Crippen LogP contribution in [0.25, 0.3) is 0 Å². The van der Waals surface area contributed by atoms with Gasteiger partial charge in [-0.05, 0) is 72.9 Å². The first-order valence-electron chi connectivity index (χ1n) is 15.3. The highest BCUT2D eigenvalue weighted by molar-refractivity contribution is 7.92. The van der Waals surface area contributed by atoms with Crippen LogP contribution in [0.2, 0.25) is 10.0 Å². The normalized spacial score (nSPS) is 14.1. The molecule has 1 atom stereocenters. The van der Waals surface area contributed by atoms with Crippen molar-refractivity contribution in [3.63, 3.8) is 0 Å². The van der Waals surface area contributed by atoms with Crippen LogP contribution in [0.3, 0.4) is 0 Å². The van der Waals surface area contributed by atoms with Crippen LogP contribution in [0.15, 0.2) is 108 Å². The molecule has 1 N–H and O–H groups in total. The summed E-state index contributed by atoms with van der Waals surface area (Å²) in [6, 6.07) is 28.6. The highest BCUT2D eigenvalue weighted by Crippen LogP contribution is 2.31. The first-order chi connectivity index (χ1) is 22.1. The lowest BCUT2D eigenvalue weighted by Gasteiger charge is -2.34. The van der Waals surface area contributed by atoms with Gasteiger partial charge < -0.3 is 10.2 Å². The van der Waals surface area contributed by atoms with Gasteiger partial charge >= 0.3 is 0 Å². The summed E-state index contributed by atoms with van der Waals surface area (Å²) in [5.74, 6) is -0.800. The molecule has 46 heavy (non-hydrogen) atoms. The molecular formula is C36H37Cl2N3O4S. The molecule has 4 aromatic carbocycles. The maximum atomic E-state index is 14.6. The Hall–Kier alpha value is -3.85. The number of sulfonamides is 1. The van der Waals surface area contributed by atoms with Crippen molar-refractivity contribution in [2.24, 2.45) is 0 Å². The van der Waals surface area contributed by atoms with Gasteiger partial charge in [-0.15, -0.1) is 0 Å². The lowest BCUT2D eigenvalue weighted by Crippen LogP contribution is -2.54. The van der Waals surface area contributed by atoms with Crippen LogP contribution in [-0.2, 0) is 32.6 Å². The summed E-state index contributed by atoms with van der Waals surface area (Å²) >= 11 is 12.6. The second-order valence-corrected chi connectivity index (χ2v) is 14.3. The molecule has 2 amide bonds. The van der Waals surface area contributed by atoms with E-state index in [9.17, 15) is 18.0 Å². The zero-order chi connectivity index (χ0) is 32.7. The second-order valence-electron chi connectivity index (χ2n) is 11.6. The number of amides is 2. The Morgan fingerprint density at radius 3 is 2.11 bits per heavy atom. The lowest BCUT2D eigenvalue weighted by molar-refractivity contribution is -0.140. The first-order valence-corrected chi connectivity index (χ1v) is 17.5. The SMILES string of the molecule is Cc1c(Cl)cccc1N(CC(=O)N(Cc1ccc(Cl)cc1)[C@@H](Cc1ccccc1)C(=O)NC1CCCC1)S(=O)(=O)c1ccccc1. The van der Waals surface area contributed by atoms with Crippen molar-refractivity contribution in [2.75, 3.05) is 10.8 Å². The van der Waals surface area contributed by atoms with Crippen LogP contribution in [-0.4, -0.2) is 43.8 Å². The van der Waals surface area contributed by atoms with E-state index in [1.807, 2.05) is 30.3 Å². The minimum Gasteiger partial charge on any atom is -0.352 e. The molecule has 0 bridgehead atoms. The Kier molecular flexibility index (Phi) is 11.0. The fourth-order valence-corrected chi connectivity index (χ4v) is 7.60. The molecule has 7 nitrogen and oxygen atoms in total. The number of hydrogen-bond donors (Lipinski definition) is 1. The van der Waals surface area contributed by atoms with E-state index < -0.39 is 28.5 Å². The largest absolute Gasteiger partial charge is 0.352 e. The Balaban J connectivity index is 1.58. The Morgan fingerprint density at radius 2 is 1.46 bits per heavy atom. The fourth-order valence-electron chi connectivity index (χ4n) is 5.81. The number of nitrogens with one attached hydrogen (secondary N) is 1. The molecule has 4 aromatic rings. The molecule has 0 heterocycles. The van der Waals surface area contributed by atoms with Gasteiger partial charge in [0, 0.05) is 29.1 Å². The van der Waals surface area contributed by atoms with Crippen LogP contribution in [0.1, 0.15) is 42.4 Å². The van der Waals surface area contributed by atoms with E-state index in [0.29, 0.717) is 15.6 Å². The van der Waals surface area contributed by atoms with Gasteiger partial charge in [0.1, 0.15) is 12.6 Å². The molecular weight excluding hydrogens is 641 g/mol. The number of hydrogen-bond acceptors (Lipinski definition) is 4. The monoisotopic (exact) mass is 677 g/mol. The molecule has 1 aliphatic carbocycles. The Labute approximate surface area is 281 Å². The molecule has 0 aromatic heterocycles. The lowest BCUT2D eigenvalue weighted by atomic mass is 10.0. The van der Waals surface area contributed by atoms with Gasteiger partial charge in [-0.3, -0.25) is 13.9 Å². The fraction of sp³-hybridized carbons (Fsp3) is 0.278. The molecule has 0 radical (unpaired) electrons. The molecule has 10 heteroatoms. The maximum Gasteiger partial charge on any atom is 0.264 e. The van der Waals surface area contributed by atoms with Crippen molar-refractivity contribution in [2.45, 2.75) is 62.6 Å². The van der Waals surface area contributed by atoms with E-state index in [-0.39, 0.29) is 35.5 Å². The van der Waals surface area contributed by atoms with Crippen LogP contribution < -0.4 is 9.62 Å². The predicted molar refractivity (Wildman–Crippen MR) is 183 cm³/mol. The second kappa shape index (κ2) is 15.2. The molecule has 0 spiro atoms. The highest BCUT2D eigenvalue weighted by Gasteiger charge is 2.36. The van der Waals surface area contributed by atoms with E-state index >= 15 is 0 Å². The minimum atomic E-state index is -4.21. The Morgan fingerprint density at radius 1 is 0.826 bits per heavy atom. The van der Waals surface area contributed by atoms with Gasteiger partial charge in [-0.2, -0.15) is 0 Å². The van der Waals surface area contributed by atoms with Crippen molar-refractivity contribution in [3.8, 4) is 0 Å². The molecule has 5 rings (SSSR count). The van der Waals surface area contributed by atoms with Gasteiger partial charge in [-0.1, -0.05) is 103 Å². The highest BCUT2D eigenvalue weighted by atomic mass is 35.5. The minimum absolute atomic E-state index is 0.0299. The summed E-state index contributed by atoms with van der Waals surface area (Å²) in [5, 5.41) is 4.09. The predicted octanol–water partition coefficient (Wildman–Crippen LogP) is 7.20. The van der Waals surface area contributed by atoms with Crippen molar-refractivity contribution in [3.05, 3.63) is 130 Å². The third-order valence-corrected chi connectivity index (χ3v) is 10.8. The molecule has 1 fully saturated rings. The van der Waals surface area contributed by atoms with Crippen LogP contribution in [0.5, 0.6) is 0 Å². The summed E-state index contributed by atoms with van der Waals surface area (Å²) in [4.78, 5) is 30.2. The standard InChI is InChI=1S/C36H37Cl2N3O4S/c1-26-32(38)17-10-18-33(26)41(46(44,45)31-15-6-3-7-16-31)25-35(42)40(24-28-19-21-29(37)22-20-28)34(23-27-11-4-2-5-12-27)36(43)39-30-13-8-9-14-30/h2-7,10-12,15-22,30,34H,8-9,13-14,23-25H2,1H3,(H,39,43)/t34-/m0/s1. The molecule has 0 aliphatic heterocycles. The molecule has 0 saturated heterocycles. The summed E-state index contributed by atoms with van der Waals surface area (Å²) in [5.41, 5.74) is 2.43. The quantitative estimate of drug-likeness (QED) is 0.172. The van der Waals surface area contributed by atoms with Gasteiger partial charge in [0.25, 0.3) is 10.0 Å². The third kappa shape index (κ3) is 8.10. The van der Waals surface area contributed by atoms with E-state index in [2.05, 4.69) is 5.32 Å². The molecule has 0 unspecified atom stereocenters. The smallest absolute Gasteiger partial charge is 0.264 e. The van der Waals surface area contributed by atoms with E-state index in [0.717, 1.165) is 41.1 Å². The number of nitrogens with zero attached hydrogens (tertiary/aromatic N) is 2. The van der Waals surface area contributed by atoms with Crippen molar-refractivity contribution in [1.82, 2.24) is 10.2 Å². The van der Waals surface area contributed by atoms with Gasteiger partial charge in [0.15, 0.2) is 0 Å².